The summed E-state index contributed by atoms with van der Waals surface area (Å²) in [6.45, 7) is 0.241. The molecule has 0 aromatic heterocycles. The third kappa shape index (κ3) is 3.23. The molecule has 1 aliphatic carbocycles. The summed E-state index contributed by atoms with van der Waals surface area (Å²) in [6, 6.07) is 1.77. The highest BCUT2D eigenvalue weighted by Gasteiger charge is 2.42. The number of rotatable bonds is 4. The minimum absolute atomic E-state index is 0.185. The van der Waals surface area contributed by atoms with E-state index in [-0.39, 0.29) is 12.0 Å². The van der Waals surface area contributed by atoms with Gasteiger partial charge in [-0.1, -0.05) is 0 Å². The number of hydrogen-bond acceptors (Lipinski definition) is 1. The number of carbonyl (C=O) groups is 1. The van der Waals surface area contributed by atoms with Crippen LogP contribution in [0.3, 0.4) is 0 Å². The molecule has 2 rings (SSSR count). The fourth-order valence-corrected chi connectivity index (χ4v) is 2.13. The Bertz CT molecular complexity index is 526. The van der Waals surface area contributed by atoms with E-state index in [1.807, 2.05) is 0 Å². The Hall–Kier alpha value is -1.30. The molecule has 0 saturated heterocycles. The van der Waals surface area contributed by atoms with Crippen molar-refractivity contribution >= 4 is 17.5 Å². The van der Waals surface area contributed by atoms with Crippen LogP contribution in [0.15, 0.2) is 18.2 Å². The molecule has 0 heterocycles. The van der Waals surface area contributed by atoms with Gasteiger partial charge in [-0.05, 0) is 31.0 Å². The van der Waals surface area contributed by atoms with Crippen molar-refractivity contribution in [3.63, 3.8) is 0 Å². The topological polar surface area (TPSA) is 29.1 Å². The van der Waals surface area contributed by atoms with E-state index in [9.17, 15) is 22.4 Å². The Kier molecular flexibility index (Phi) is 3.95. The van der Waals surface area contributed by atoms with E-state index in [2.05, 4.69) is 5.32 Å². The average molecular weight is 310 g/mol. The van der Waals surface area contributed by atoms with Crippen LogP contribution in [0.25, 0.3) is 0 Å². The van der Waals surface area contributed by atoms with Crippen molar-refractivity contribution in [2.75, 3.05) is 12.4 Å². The van der Waals surface area contributed by atoms with Crippen LogP contribution in [-0.2, 0) is 6.18 Å². The molecule has 0 atom stereocenters. The Morgan fingerprint density at radius 2 is 2.00 bits per heavy atom. The van der Waals surface area contributed by atoms with Gasteiger partial charge in [0.25, 0.3) is 5.91 Å². The van der Waals surface area contributed by atoms with E-state index >= 15 is 0 Å². The third-order valence-corrected chi connectivity index (χ3v) is 3.97. The zero-order valence-corrected chi connectivity index (χ0v) is 11.1. The highest BCUT2D eigenvalue weighted by molar-refractivity contribution is 6.18. The summed E-state index contributed by atoms with van der Waals surface area (Å²) >= 11 is 5.73. The number of hydrogen-bond donors (Lipinski definition) is 1. The second kappa shape index (κ2) is 5.24. The summed E-state index contributed by atoms with van der Waals surface area (Å²) in [6.07, 6.45) is -2.92. The van der Waals surface area contributed by atoms with Gasteiger partial charge >= 0.3 is 6.18 Å². The first kappa shape index (κ1) is 15.1. The lowest BCUT2D eigenvalue weighted by molar-refractivity contribution is -0.137. The molecule has 0 radical (unpaired) electrons. The Morgan fingerprint density at radius 1 is 1.35 bits per heavy atom. The number of amides is 1. The molecule has 1 fully saturated rings. The monoisotopic (exact) mass is 309 g/mol. The molecular formula is C13H12ClF4NO. The van der Waals surface area contributed by atoms with Crippen LogP contribution < -0.4 is 5.32 Å². The van der Waals surface area contributed by atoms with E-state index < -0.39 is 29.0 Å². The first-order valence-corrected chi connectivity index (χ1v) is 6.52. The predicted molar refractivity (Wildman–Crippen MR) is 66.1 cm³/mol. The van der Waals surface area contributed by atoms with Crippen molar-refractivity contribution in [3.8, 4) is 0 Å². The Labute approximate surface area is 118 Å². The second-order valence-electron chi connectivity index (χ2n) is 5.01. The SMILES string of the molecule is O=C(NCC1(CCl)CC1)c1cc(C(F)(F)F)ccc1F. The molecule has 1 aromatic carbocycles. The molecule has 1 amide bonds. The molecule has 110 valence electrons. The van der Waals surface area contributed by atoms with Crippen LogP contribution in [-0.4, -0.2) is 18.3 Å². The largest absolute Gasteiger partial charge is 0.416 e. The molecule has 2 nitrogen and oxygen atoms in total. The van der Waals surface area contributed by atoms with Crippen molar-refractivity contribution in [1.82, 2.24) is 5.32 Å². The van der Waals surface area contributed by atoms with E-state index in [0.29, 0.717) is 24.1 Å². The van der Waals surface area contributed by atoms with Crippen molar-refractivity contribution in [2.24, 2.45) is 5.41 Å². The quantitative estimate of drug-likeness (QED) is 0.668. The van der Waals surface area contributed by atoms with Gasteiger partial charge in [-0.2, -0.15) is 13.2 Å². The van der Waals surface area contributed by atoms with Crippen LogP contribution in [0.5, 0.6) is 0 Å². The van der Waals surface area contributed by atoms with Gasteiger partial charge in [0.15, 0.2) is 0 Å². The predicted octanol–water partition coefficient (Wildman–Crippen LogP) is 3.59. The highest BCUT2D eigenvalue weighted by Crippen LogP contribution is 2.45. The summed E-state index contributed by atoms with van der Waals surface area (Å²) in [4.78, 5) is 11.8. The maximum Gasteiger partial charge on any atom is 0.416 e. The maximum absolute atomic E-state index is 13.5. The summed E-state index contributed by atoms with van der Waals surface area (Å²) in [5.74, 6) is -1.48. The summed E-state index contributed by atoms with van der Waals surface area (Å²) in [5.41, 5.74) is -1.84. The minimum atomic E-state index is -4.61. The molecule has 7 heteroatoms. The van der Waals surface area contributed by atoms with Gasteiger partial charge in [0.05, 0.1) is 11.1 Å². The van der Waals surface area contributed by atoms with Crippen LogP contribution in [0.1, 0.15) is 28.8 Å². The van der Waals surface area contributed by atoms with Crippen LogP contribution >= 0.6 is 11.6 Å². The zero-order valence-electron chi connectivity index (χ0n) is 10.4. The molecule has 0 unspecified atom stereocenters. The van der Waals surface area contributed by atoms with E-state index in [1.54, 1.807) is 0 Å². The van der Waals surface area contributed by atoms with Gasteiger partial charge in [-0.3, -0.25) is 4.79 Å². The van der Waals surface area contributed by atoms with Gasteiger partial charge in [-0.25, -0.2) is 4.39 Å². The first-order chi connectivity index (χ1) is 9.27. The second-order valence-corrected chi connectivity index (χ2v) is 5.28. The minimum Gasteiger partial charge on any atom is -0.351 e. The van der Waals surface area contributed by atoms with Crippen molar-refractivity contribution in [2.45, 2.75) is 19.0 Å². The van der Waals surface area contributed by atoms with Gasteiger partial charge in [0, 0.05) is 17.8 Å². The average Bonchev–Trinajstić information content (AvgIpc) is 3.16. The van der Waals surface area contributed by atoms with E-state index in [1.165, 1.54) is 0 Å². The molecule has 0 spiro atoms. The summed E-state index contributed by atoms with van der Waals surface area (Å²) in [5, 5.41) is 2.44. The maximum atomic E-state index is 13.5. The molecule has 0 bridgehead atoms. The number of nitrogens with one attached hydrogen (secondary N) is 1. The number of benzene rings is 1. The number of halogens is 5. The van der Waals surface area contributed by atoms with E-state index in [0.717, 1.165) is 12.8 Å². The summed E-state index contributed by atoms with van der Waals surface area (Å²) in [7, 11) is 0. The van der Waals surface area contributed by atoms with Crippen molar-refractivity contribution in [1.29, 1.82) is 0 Å². The fraction of sp³-hybridized carbons (Fsp3) is 0.462. The number of carbonyl (C=O) groups excluding carboxylic acids is 1. The lowest BCUT2D eigenvalue weighted by Gasteiger charge is -2.14. The van der Waals surface area contributed by atoms with Gasteiger partial charge in [0.2, 0.25) is 0 Å². The smallest absolute Gasteiger partial charge is 0.351 e. The lowest BCUT2D eigenvalue weighted by atomic mass is 10.1. The van der Waals surface area contributed by atoms with Gasteiger partial charge in [0.1, 0.15) is 5.82 Å². The van der Waals surface area contributed by atoms with Crippen LogP contribution in [0, 0.1) is 11.2 Å². The molecule has 1 saturated carbocycles. The molecule has 1 aromatic rings. The Balaban J connectivity index is 2.13. The van der Waals surface area contributed by atoms with Crippen molar-refractivity contribution < 1.29 is 22.4 Å². The molecule has 1 aliphatic rings. The normalized spacial score (nSPS) is 16.9. The van der Waals surface area contributed by atoms with Gasteiger partial charge in [-0.15, -0.1) is 11.6 Å². The molecular weight excluding hydrogens is 298 g/mol. The fourth-order valence-electron chi connectivity index (χ4n) is 1.77. The highest BCUT2D eigenvalue weighted by atomic mass is 35.5. The molecule has 1 N–H and O–H groups in total. The van der Waals surface area contributed by atoms with Crippen molar-refractivity contribution in [3.05, 3.63) is 35.1 Å². The van der Waals surface area contributed by atoms with Gasteiger partial charge < -0.3 is 5.32 Å². The molecule has 20 heavy (non-hydrogen) atoms. The standard InChI is InChI=1S/C13H12ClF4NO/c14-6-12(3-4-12)7-19-11(20)9-5-8(13(16,17)18)1-2-10(9)15/h1-2,5H,3-4,6-7H2,(H,19,20). The zero-order chi connectivity index (χ0) is 15.0. The lowest BCUT2D eigenvalue weighted by Crippen LogP contribution is -2.31. The van der Waals surface area contributed by atoms with Crippen LogP contribution in [0.2, 0.25) is 0 Å². The van der Waals surface area contributed by atoms with E-state index in [4.69, 9.17) is 11.6 Å². The summed E-state index contributed by atoms with van der Waals surface area (Å²) < 4.78 is 51.1. The Morgan fingerprint density at radius 3 is 2.50 bits per heavy atom. The first-order valence-electron chi connectivity index (χ1n) is 5.98. The number of alkyl halides is 4. The van der Waals surface area contributed by atoms with Crippen LogP contribution in [0.4, 0.5) is 17.6 Å². The third-order valence-electron chi connectivity index (χ3n) is 3.40. The molecule has 0 aliphatic heterocycles.